The normalized spacial score (nSPS) is 18.1. The van der Waals surface area contributed by atoms with Crippen LogP contribution in [0.3, 0.4) is 0 Å². The summed E-state index contributed by atoms with van der Waals surface area (Å²) in [5, 5.41) is 13.8. The van der Waals surface area contributed by atoms with Gasteiger partial charge in [-0.05, 0) is 6.42 Å². The number of nitrogens with zero attached hydrogens (tertiary/aromatic N) is 3. The number of fused-ring (bicyclic) bond motifs is 1. The Labute approximate surface area is 108 Å². The average Bonchev–Trinajstić information content (AvgIpc) is 2.82. The molecule has 0 unspecified atom stereocenters. The zero-order valence-electron chi connectivity index (χ0n) is 9.57. The van der Waals surface area contributed by atoms with E-state index in [1.54, 1.807) is 23.9 Å². The molecule has 2 aliphatic heterocycles. The first-order valence-electron chi connectivity index (χ1n) is 5.69. The fourth-order valence-electron chi connectivity index (χ4n) is 2.08. The van der Waals surface area contributed by atoms with Gasteiger partial charge in [-0.15, -0.1) is 0 Å². The maximum absolute atomic E-state index is 10.8. The van der Waals surface area contributed by atoms with Crippen LogP contribution in [0.2, 0.25) is 0 Å². The molecule has 0 fully saturated rings. The number of aliphatic imine (C=N–C) groups is 1. The Balaban J connectivity index is 1.96. The zero-order valence-corrected chi connectivity index (χ0v) is 10.4. The van der Waals surface area contributed by atoms with E-state index in [-0.39, 0.29) is 10.6 Å². The average molecular weight is 261 g/mol. The van der Waals surface area contributed by atoms with Crippen molar-refractivity contribution in [1.29, 1.82) is 0 Å². The Hall–Kier alpha value is -1.82. The second-order valence-corrected chi connectivity index (χ2v) is 4.93. The van der Waals surface area contributed by atoms with Crippen LogP contribution in [-0.4, -0.2) is 28.1 Å². The van der Waals surface area contributed by atoms with Gasteiger partial charge in [-0.2, -0.15) is 0 Å². The van der Waals surface area contributed by atoms with E-state index in [1.807, 2.05) is 11.5 Å². The van der Waals surface area contributed by atoms with Crippen molar-refractivity contribution in [2.45, 2.75) is 6.42 Å². The number of hydrogen-bond acceptors (Lipinski definition) is 5. The van der Waals surface area contributed by atoms with Crippen LogP contribution in [-0.2, 0) is 0 Å². The highest BCUT2D eigenvalue weighted by Gasteiger charge is 2.26. The van der Waals surface area contributed by atoms with Crippen molar-refractivity contribution in [3.8, 4) is 0 Å². The van der Waals surface area contributed by atoms with E-state index in [0.29, 0.717) is 0 Å². The molecular formula is C12H11N3O2S. The van der Waals surface area contributed by atoms with Gasteiger partial charge in [0.15, 0.2) is 5.17 Å². The van der Waals surface area contributed by atoms with Gasteiger partial charge in [0, 0.05) is 36.2 Å². The molecule has 5 nitrogen and oxygen atoms in total. The maximum atomic E-state index is 10.8. The van der Waals surface area contributed by atoms with Gasteiger partial charge in [0.05, 0.1) is 10.6 Å². The molecule has 0 bridgehead atoms. The number of amidine groups is 1. The van der Waals surface area contributed by atoms with E-state index in [9.17, 15) is 10.1 Å². The summed E-state index contributed by atoms with van der Waals surface area (Å²) >= 11 is 1.59. The zero-order chi connectivity index (χ0) is 12.5. The van der Waals surface area contributed by atoms with Gasteiger partial charge in [-0.25, -0.2) is 0 Å². The van der Waals surface area contributed by atoms with Gasteiger partial charge >= 0.3 is 0 Å². The summed E-state index contributed by atoms with van der Waals surface area (Å²) in [6.07, 6.45) is 1.02. The van der Waals surface area contributed by atoms with Crippen LogP contribution < -0.4 is 0 Å². The molecule has 0 atom stereocenters. The van der Waals surface area contributed by atoms with Crippen LogP contribution in [0.1, 0.15) is 12.0 Å². The molecule has 3 rings (SSSR count). The van der Waals surface area contributed by atoms with E-state index >= 15 is 0 Å². The van der Waals surface area contributed by atoms with Gasteiger partial charge in [0.2, 0.25) is 0 Å². The lowest BCUT2D eigenvalue weighted by molar-refractivity contribution is -0.384. The Kier molecular flexibility index (Phi) is 2.79. The summed E-state index contributed by atoms with van der Waals surface area (Å²) in [5.41, 5.74) is 2.02. The summed E-state index contributed by atoms with van der Waals surface area (Å²) in [6.45, 7) is 1.80. The van der Waals surface area contributed by atoms with E-state index in [0.717, 1.165) is 35.9 Å². The molecule has 2 heterocycles. The van der Waals surface area contributed by atoms with Crippen molar-refractivity contribution in [3.63, 3.8) is 0 Å². The van der Waals surface area contributed by atoms with Crippen LogP contribution in [0.5, 0.6) is 0 Å². The third kappa shape index (κ3) is 1.88. The molecule has 0 aliphatic carbocycles. The highest BCUT2D eigenvalue weighted by molar-refractivity contribution is 8.16. The molecule has 1 aromatic carbocycles. The predicted octanol–water partition coefficient (Wildman–Crippen LogP) is 2.70. The van der Waals surface area contributed by atoms with Gasteiger partial charge < -0.3 is 4.90 Å². The van der Waals surface area contributed by atoms with Crippen molar-refractivity contribution >= 4 is 28.3 Å². The predicted molar refractivity (Wildman–Crippen MR) is 72.3 cm³/mol. The van der Waals surface area contributed by atoms with E-state index < -0.39 is 0 Å². The topological polar surface area (TPSA) is 58.7 Å². The quantitative estimate of drug-likeness (QED) is 0.606. The molecule has 0 radical (unpaired) electrons. The number of benzene rings is 1. The molecule has 0 N–H and O–H groups in total. The first-order chi connectivity index (χ1) is 8.75. The van der Waals surface area contributed by atoms with Gasteiger partial charge in [0.25, 0.3) is 5.69 Å². The third-order valence-electron chi connectivity index (χ3n) is 2.94. The molecule has 2 aliphatic rings. The molecular weight excluding hydrogens is 250 g/mol. The van der Waals surface area contributed by atoms with Crippen LogP contribution in [0.4, 0.5) is 5.69 Å². The lowest BCUT2D eigenvalue weighted by Crippen LogP contribution is -2.28. The van der Waals surface area contributed by atoms with Crippen LogP contribution >= 0.6 is 11.8 Å². The van der Waals surface area contributed by atoms with E-state index in [2.05, 4.69) is 9.89 Å². The number of rotatable bonds is 2. The number of hydrogen-bond donors (Lipinski definition) is 0. The molecule has 0 saturated heterocycles. The van der Waals surface area contributed by atoms with Crippen molar-refractivity contribution < 1.29 is 4.92 Å². The minimum atomic E-state index is -0.364. The molecule has 92 valence electrons. The van der Waals surface area contributed by atoms with Crippen LogP contribution in [0.15, 0.2) is 34.7 Å². The molecule has 18 heavy (non-hydrogen) atoms. The molecule has 0 saturated carbocycles. The van der Waals surface area contributed by atoms with Crippen molar-refractivity contribution in [3.05, 3.63) is 45.4 Å². The SMILES string of the molecule is O=[N+]([O-])c1cccc(C2=CSC3=NCCCN23)c1. The number of nitro groups is 1. The minimum absolute atomic E-state index is 0.126. The summed E-state index contributed by atoms with van der Waals surface area (Å²) in [5.74, 6) is 0. The smallest absolute Gasteiger partial charge is 0.270 e. The first-order valence-corrected chi connectivity index (χ1v) is 6.57. The van der Waals surface area contributed by atoms with Gasteiger partial charge in [-0.3, -0.25) is 15.1 Å². The van der Waals surface area contributed by atoms with E-state index in [1.165, 1.54) is 6.07 Å². The van der Waals surface area contributed by atoms with Crippen molar-refractivity contribution in [2.24, 2.45) is 4.99 Å². The Morgan fingerprint density at radius 3 is 3.17 bits per heavy atom. The van der Waals surface area contributed by atoms with Gasteiger partial charge in [-0.1, -0.05) is 23.9 Å². The molecule has 6 heteroatoms. The summed E-state index contributed by atoms with van der Waals surface area (Å²) in [7, 11) is 0. The van der Waals surface area contributed by atoms with E-state index in [4.69, 9.17) is 0 Å². The number of nitro benzene ring substituents is 1. The lowest BCUT2D eigenvalue weighted by atomic mass is 10.1. The highest BCUT2D eigenvalue weighted by atomic mass is 32.2. The molecule has 0 aromatic heterocycles. The fourth-order valence-corrected chi connectivity index (χ4v) is 3.05. The number of thioether (sulfide) groups is 1. The Morgan fingerprint density at radius 2 is 2.33 bits per heavy atom. The summed E-state index contributed by atoms with van der Waals surface area (Å²) < 4.78 is 0. The maximum Gasteiger partial charge on any atom is 0.270 e. The second kappa shape index (κ2) is 4.45. The minimum Gasteiger partial charge on any atom is -0.320 e. The Bertz CT molecular complexity index is 568. The molecule has 0 spiro atoms. The third-order valence-corrected chi connectivity index (χ3v) is 3.84. The Morgan fingerprint density at radius 1 is 1.44 bits per heavy atom. The van der Waals surface area contributed by atoms with Gasteiger partial charge in [0.1, 0.15) is 0 Å². The van der Waals surface area contributed by atoms with Crippen LogP contribution in [0, 0.1) is 10.1 Å². The van der Waals surface area contributed by atoms with Crippen molar-refractivity contribution in [2.75, 3.05) is 13.1 Å². The summed E-state index contributed by atoms with van der Waals surface area (Å²) in [4.78, 5) is 17.0. The van der Waals surface area contributed by atoms with Crippen molar-refractivity contribution in [1.82, 2.24) is 4.90 Å². The molecule has 0 amide bonds. The molecule has 1 aromatic rings. The lowest BCUT2D eigenvalue weighted by Gasteiger charge is -2.25. The summed E-state index contributed by atoms with van der Waals surface area (Å²) in [6, 6.07) is 6.75. The highest BCUT2D eigenvalue weighted by Crippen LogP contribution is 2.35. The van der Waals surface area contributed by atoms with Crippen LogP contribution in [0.25, 0.3) is 5.70 Å². The monoisotopic (exact) mass is 261 g/mol. The fraction of sp³-hybridized carbons (Fsp3) is 0.250. The largest absolute Gasteiger partial charge is 0.320 e. The number of non-ortho nitro benzene ring substituents is 1. The standard InChI is InChI=1S/C12H11N3O2S/c16-15(17)10-4-1-3-9(7-10)11-8-18-12-13-5-2-6-14(11)12/h1,3-4,7-8H,2,5-6H2. The first kappa shape index (κ1) is 11.3. The second-order valence-electron chi connectivity index (χ2n) is 4.10.